The van der Waals surface area contributed by atoms with Crippen LogP contribution in [0.3, 0.4) is 0 Å². The number of nitrogens with one attached hydrogen (secondary N) is 1. The van der Waals surface area contributed by atoms with Gasteiger partial charge in [0, 0.05) is 12.1 Å². The molecule has 2 aromatic rings. The van der Waals surface area contributed by atoms with Crippen molar-refractivity contribution in [3.8, 4) is 0 Å². The summed E-state index contributed by atoms with van der Waals surface area (Å²) in [4.78, 5) is 2.59. The molecule has 1 heterocycles. The van der Waals surface area contributed by atoms with Crippen LogP contribution in [-0.2, 0) is 6.42 Å². The average Bonchev–Trinajstić information content (AvgIpc) is 2.55. The molecule has 2 nitrogen and oxygen atoms in total. The molecule has 1 saturated heterocycles. The molecular formula is C20H28N2. The Morgan fingerprint density at radius 1 is 1.05 bits per heavy atom. The molecule has 0 aromatic heterocycles. The van der Waals surface area contributed by atoms with E-state index in [1.165, 1.54) is 42.3 Å². The number of fused-ring (bicyclic) bond motifs is 1. The Morgan fingerprint density at radius 2 is 1.77 bits per heavy atom. The molecule has 1 aliphatic rings. The second kappa shape index (κ2) is 7.26. The zero-order valence-corrected chi connectivity index (χ0v) is 13.9. The van der Waals surface area contributed by atoms with E-state index in [9.17, 15) is 0 Å². The van der Waals surface area contributed by atoms with E-state index in [0.29, 0.717) is 12.1 Å². The lowest BCUT2D eigenvalue weighted by Crippen LogP contribution is -2.45. The molecule has 0 atom stereocenters. The number of nitrogens with zero attached hydrogens (tertiary/aromatic N) is 1. The van der Waals surface area contributed by atoms with Gasteiger partial charge in [0.15, 0.2) is 0 Å². The lowest BCUT2D eigenvalue weighted by molar-refractivity contribution is 0.161. The van der Waals surface area contributed by atoms with Gasteiger partial charge in [0.25, 0.3) is 0 Å². The van der Waals surface area contributed by atoms with E-state index >= 15 is 0 Å². The number of rotatable bonds is 5. The first-order valence-electron chi connectivity index (χ1n) is 8.68. The van der Waals surface area contributed by atoms with Crippen molar-refractivity contribution < 1.29 is 0 Å². The summed E-state index contributed by atoms with van der Waals surface area (Å²) < 4.78 is 0. The summed E-state index contributed by atoms with van der Waals surface area (Å²) >= 11 is 0. The van der Waals surface area contributed by atoms with Gasteiger partial charge >= 0.3 is 0 Å². The second-order valence-corrected chi connectivity index (χ2v) is 6.75. The number of piperidine rings is 1. The number of benzene rings is 2. The van der Waals surface area contributed by atoms with Crippen LogP contribution in [0.4, 0.5) is 0 Å². The summed E-state index contributed by atoms with van der Waals surface area (Å²) in [6, 6.07) is 16.7. The third-order valence-electron chi connectivity index (χ3n) is 4.97. The van der Waals surface area contributed by atoms with Gasteiger partial charge in [0.05, 0.1) is 0 Å². The summed E-state index contributed by atoms with van der Waals surface area (Å²) in [5.41, 5.74) is 1.46. The van der Waals surface area contributed by atoms with Crippen LogP contribution in [0.25, 0.3) is 10.8 Å². The Hall–Kier alpha value is -1.38. The molecule has 118 valence electrons. The predicted octanol–water partition coefficient (Wildman–Crippen LogP) is 3.84. The first kappa shape index (κ1) is 15.5. The van der Waals surface area contributed by atoms with E-state index in [0.717, 1.165) is 13.0 Å². The highest BCUT2D eigenvalue weighted by Gasteiger charge is 2.19. The van der Waals surface area contributed by atoms with E-state index in [1.54, 1.807) is 0 Å². The van der Waals surface area contributed by atoms with Gasteiger partial charge in [-0.3, -0.25) is 0 Å². The molecule has 1 fully saturated rings. The van der Waals surface area contributed by atoms with Gasteiger partial charge in [0.1, 0.15) is 0 Å². The van der Waals surface area contributed by atoms with Gasteiger partial charge in [-0.15, -0.1) is 0 Å². The quantitative estimate of drug-likeness (QED) is 0.901. The normalized spacial score (nSPS) is 17.4. The molecule has 0 saturated carbocycles. The Bertz CT molecular complexity index is 592. The third-order valence-corrected chi connectivity index (χ3v) is 4.97. The van der Waals surface area contributed by atoms with Crippen molar-refractivity contribution in [1.82, 2.24) is 10.2 Å². The molecule has 0 aliphatic carbocycles. The van der Waals surface area contributed by atoms with Crippen molar-refractivity contribution in [3.63, 3.8) is 0 Å². The van der Waals surface area contributed by atoms with Gasteiger partial charge in [-0.25, -0.2) is 0 Å². The minimum Gasteiger partial charge on any atom is -0.314 e. The molecular weight excluding hydrogens is 268 g/mol. The molecule has 0 bridgehead atoms. The smallest absolute Gasteiger partial charge is 0.00915 e. The number of hydrogen-bond donors (Lipinski definition) is 1. The van der Waals surface area contributed by atoms with E-state index in [-0.39, 0.29) is 0 Å². The van der Waals surface area contributed by atoms with Crippen LogP contribution in [0.15, 0.2) is 42.5 Å². The van der Waals surface area contributed by atoms with Crippen molar-refractivity contribution >= 4 is 10.8 Å². The van der Waals surface area contributed by atoms with Crippen LogP contribution in [0.1, 0.15) is 32.3 Å². The highest BCUT2D eigenvalue weighted by atomic mass is 15.2. The fourth-order valence-electron chi connectivity index (χ4n) is 3.54. The van der Waals surface area contributed by atoms with Crippen LogP contribution >= 0.6 is 0 Å². The Balaban J connectivity index is 1.51. The average molecular weight is 296 g/mol. The lowest BCUT2D eigenvalue weighted by Gasteiger charge is -2.35. The summed E-state index contributed by atoms with van der Waals surface area (Å²) in [6.45, 7) is 8.16. The SMILES string of the molecule is CC(C)N1CCC(NCCc2cccc3ccccc23)CC1. The lowest BCUT2D eigenvalue weighted by atomic mass is 10.0. The highest BCUT2D eigenvalue weighted by Crippen LogP contribution is 2.19. The van der Waals surface area contributed by atoms with E-state index in [1.807, 2.05) is 0 Å². The maximum absolute atomic E-state index is 3.77. The van der Waals surface area contributed by atoms with Gasteiger partial charge in [-0.2, -0.15) is 0 Å². The van der Waals surface area contributed by atoms with Crippen molar-refractivity contribution in [2.45, 2.75) is 45.2 Å². The van der Waals surface area contributed by atoms with Crippen LogP contribution < -0.4 is 5.32 Å². The maximum Gasteiger partial charge on any atom is 0.00915 e. The van der Waals surface area contributed by atoms with Crippen molar-refractivity contribution in [2.75, 3.05) is 19.6 Å². The first-order valence-corrected chi connectivity index (χ1v) is 8.68. The van der Waals surface area contributed by atoms with Gasteiger partial charge in [0.2, 0.25) is 0 Å². The van der Waals surface area contributed by atoms with Crippen LogP contribution in [0.5, 0.6) is 0 Å². The van der Waals surface area contributed by atoms with E-state index < -0.39 is 0 Å². The molecule has 1 aliphatic heterocycles. The van der Waals surface area contributed by atoms with E-state index in [2.05, 4.69) is 66.5 Å². The molecule has 2 heteroatoms. The van der Waals surface area contributed by atoms with E-state index in [4.69, 9.17) is 0 Å². The monoisotopic (exact) mass is 296 g/mol. The largest absolute Gasteiger partial charge is 0.314 e. The molecule has 0 spiro atoms. The summed E-state index contributed by atoms with van der Waals surface area (Å²) in [5.74, 6) is 0. The fraction of sp³-hybridized carbons (Fsp3) is 0.500. The standard InChI is InChI=1S/C20H28N2/c1-16(2)22-14-11-19(12-15-22)21-13-10-18-8-5-7-17-6-3-4-9-20(17)18/h3-9,16,19,21H,10-15H2,1-2H3. The number of likely N-dealkylation sites (tertiary alicyclic amines) is 1. The van der Waals surface area contributed by atoms with Crippen molar-refractivity contribution in [3.05, 3.63) is 48.0 Å². The van der Waals surface area contributed by atoms with Gasteiger partial charge in [-0.05, 0) is 69.1 Å². The van der Waals surface area contributed by atoms with Crippen LogP contribution in [-0.4, -0.2) is 36.6 Å². The highest BCUT2D eigenvalue weighted by molar-refractivity contribution is 5.85. The minimum atomic E-state index is 0.691. The molecule has 0 radical (unpaired) electrons. The van der Waals surface area contributed by atoms with Crippen LogP contribution in [0, 0.1) is 0 Å². The second-order valence-electron chi connectivity index (χ2n) is 6.75. The zero-order valence-electron chi connectivity index (χ0n) is 13.9. The predicted molar refractivity (Wildman–Crippen MR) is 95.4 cm³/mol. The third kappa shape index (κ3) is 3.68. The van der Waals surface area contributed by atoms with Crippen molar-refractivity contribution in [2.24, 2.45) is 0 Å². The Kier molecular flexibility index (Phi) is 5.12. The molecule has 22 heavy (non-hydrogen) atoms. The van der Waals surface area contributed by atoms with Gasteiger partial charge < -0.3 is 10.2 Å². The molecule has 2 aromatic carbocycles. The summed E-state index contributed by atoms with van der Waals surface area (Å²) in [7, 11) is 0. The Labute approximate surface area is 134 Å². The number of hydrogen-bond acceptors (Lipinski definition) is 2. The van der Waals surface area contributed by atoms with Gasteiger partial charge in [-0.1, -0.05) is 42.5 Å². The summed E-state index contributed by atoms with van der Waals surface area (Å²) in [5, 5.41) is 6.52. The molecule has 0 unspecified atom stereocenters. The molecule has 1 N–H and O–H groups in total. The summed E-state index contributed by atoms with van der Waals surface area (Å²) in [6.07, 6.45) is 3.69. The Morgan fingerprint density at radius 3 is 2.55 bits per heavy atom. The zero-order chi connectivity index (χ0) is 15.4. The van der Waals surface area contributed by atoms with Crippen LogP contribution in [0.2, 0.25) is 0 Å². The van der Waals surface area contributed by atoms with Crippen molar-refractivity contribution in [1.29, 1.82) is 0 Å². The molecule has 3 rings (SSSR count). The topological polar surface area (TPSA) is 15.3 Å². The maximum atomic E-state index is 3.77. The molecule has 0 amide bonds. The first-order chi connectivity index (χ1) is 10.7. The minimum absolute atomic E-state index is 0.691. The fourth-order valence-corrected chi connectivity index (χ4v) is 3.54.